The van der Waals surface area contributed by atoms with Crippen molar-refractivity contribution in [2.24, 2.45) is 5.92 Å². The molecule has 1 aliphatic carbocycles. The number of benzene rings is 1. The Morgan fingerprint density at radius 1 is 1.19 bits per heavy atom. The zero-order chi connectivity index (χ0) is 15.3. The Labute approximate surface area is 128 Å². The van der Waals surface area contributed by atoms with Crippen molar-refractivity contribution in [2.75, 3.05) is 6.61 Å². The predicted octanol–water partition coefficient (Wildman–Crippen LogP) is 4.81. The molecule has 0 atom stereocenters. The van der Waals surface area contributed by atoms with Gasteiger partial charge in [0.1, 0.15) is 5.60 Å². The first-order valence-corrected chi connectivity index (χ1v) is 8.39. The van der Waals surface area contributed by atoms with Crippen LogP contribution in [-0.4, -0.2) is 18.0 Å². The Balaban J connectivity index is 2.18. The second-order valence-electron chi connectivity index (χ2n) is 6.39. The molecule has 1 fully saturated rings. The van der Waals surface area contributed by atoms with Crippen LogP contribution in [0.2, 0.25) is 0 Å². The fraction of sp³-hybridized carbons (Fsp3) is 0.632. The van der Waals surface area contributed by atoms with Crippen molar-refractivity contribution in [3.8, 4) is 0 Å². The molecule has 1 aromatic rings. The number of aryl methyl sites for hydroxylation is 1. The van der Waals surface area contributed by atoms with Gasteiger partial charge in [-0.3, -0.25) is 4.79 Å². The van der Waals surface area contributed by atoms with E-state index < -0.39 is 5.60 Å². The van der Waals surface area contributed by atoms with Gasteiger partial charge in [0, 0.05) is 12.2 Å². The summed E-state index contributed by atoms with van der Waals surface area (Å²) >= 11 is 0. The topological polar surface area (TPSA) is 26.3 Å². The van der Waals surface area contributed by atoms with E-state index in [-0.39, 0.29) is 5.78 Å². The maximum atomic E-state index is 13.0. The van der Waals surface area contributed by atoms with E-state index in [1.807, 2.05) is 19.1 Å². The molecule has 1 aromatic carbocycles. The Kier molecular flexibility index (Phi) is 5.58. The standard InChI is InChI=1S/C19H28O2/c1-4-6-16-7-9-17(10-8-16)18(20)19(21-5-2)13-11-15(3)12-14-19/h7-10,15H,4-6,11-14H2,1-3H3. The minimum absolute atomic E-state index is 0.180. The highest BCUT2D eigenvalue weighted by Crippen LogP contribution is 2.37. The van der Waals surface area contributed by atoms with Gasteiger partial charge in [-0.15, -0.1) is 0 Å². The lowest BCUT2D eigenvalue weighted by Crippen LogP contribution is -2.44. The maximum absolute atomic E-state index is 13.0. The highest BCUT2D eigenvalue weighted by Gasteiger charge is 2.42. The number of ether oxygens (including phenoxy) is 1. The fourth-order valence-electron chi connectivity index (χ4n) is 3.32. The van der Waals surface area contributed by atoms with E-state index in [2.05, 4.69) is 26.0 Å². The Morgan fingerprint density at radius 3 is 2.33 bits per heavy atom. The quantitative estimate of drug-likeness (QED) is 0.702. The Hall–Kier alpha value is -1.15. The molecule has 0 amide bonds. The first kappa shape index (κ1) is 16.2. The number of ketones is 1. The summed E-state index contributed by atoms with van der Waals surface area (Å²) in [6.45, 7) is 7.03. The first-order valence-electron chi connectivity index (χ1n) is 8.39. The van der Waals surface area contributed by atoms with E-state index in [9.17, 15) is 4.79 Å². The van der Waals surface area contributed by atoms with Crippen LogP contribution < -0.4 is 0 Å². The van der Waals surface area contributed by atoms with Crippen LogP contribution in [0, 0.1) is 5.92 Å². The summed E-state index contributed by atoms with van der Waals surface area (Å²) in [6, 6.07) is 8.13. The molecule has 1 aliphatic rings. The lowest BCUT2D eigenvalue weighted by atomic mass is 9.75. The van der Waals surface area contributed by atoms with Gasteiger partial charge in [0.2, 0.25) is 0 Å². The number of carbonyl (C=O) groups is 1. The average molecular weight is 288 g/mol. The molecule has 0 unspecified atom stereocenters. The van der Waals surface area contributed by atoms with Crippen LogP contribution in [0.1, 0.15) is 68.8 Å². The summed E-state index contributed by atoms with van der Waals surface area (Å²) in [6.07, 6.45) is 6.09. The summed E-state index contributed by atoms with van der Waals surface area (Å²) in [5.41, 5.74) is 1.53. The van der Waals surface area contributed by atoms with E-state index in [0.29, 0.717) is 12.5 Å². The lowest BCUT2D eigenvalue weighted by molar-refractivity contribution is -0.0474. The number of hydrogen-bond donors (Lipinski definition) is 0. The van der Waals surface area contributed by atoms with Gasteiger partial charge in [-0.2, -0.15) is 0 Å². The SMILES string of the molecule is CCCc1ccc(C(=O)C2(OCC)CCC(C)CC2)cc1. The molecule has 21 heavy (non-hydrogen) atoms. The van der Waals surface area contributed by atoms with Crippen LogP contribution in [0.25, 0.3) is 0 Å². The normalized spacial score (nSPS) is 25.8. The van der Waals surface area contributed by atoms with Crippen LogP contribution in [-0.2, 0) is 11.2 Å². The van der Waals surface area contributed by atoms with Gasteiger partial charge in [-0.05, 0) is 50.5 Å². The van der Waals surface area contributed by atoms with Gasteiger partial charge in [0.05, 0.1) is 0 Å². The molecular weight excluding hydrogens is 260 g/mol. The van der Waals surface area contributed by atoms with E-state index in [1.54, 1.807) is 0 Å². The molecule has 2 rings (SSSR count). The van der Waals surface area contributed by atoms with Crippen LogP contribution in [0.3, 0.4) is 0 Å². The van der Waals surface area contributed by atoms with E-state index >= 15 is 0 Å². The third-order valence-corrected chi connectivity index (χ3v) is 4.67. The number of hydrogen-bond acceptors (Lipinski definition) is 2. The molecule has 0 bridgehead atoms. The van der Waals surface area contributed by atoms with Gasteiger partial charge in [0.25, 0.3) is 0 Å². The monoisotopic (exact) mass is 288 g/mol. The first-order chi connectivity index (χ1) is 10.1. The van der Waals surface area contributed by atoms with Gasteiger partial charge in [-0.25, -0.2) is 0 Å². The Morgan fingerprint density at radius 2 is 1.81 bits per heavy atom. The summed E-state index contributed by atoms with van der Waals surface area (Å²) in [7, 11) is 0. The van der Waals surface area contributed by atoms with Crippen molar-refractivity contribution in [2.45, 2.75) is 64.9 Å². The minimum atomic E-state index is -0.576. The van der Waals surface area contributed by atoms with Crippen molar-refractivity contribution in [1.29, 1.82) is 0 Å². The average Bonchev–Trinajstić information content (AvgIpc) is 2.50. The van der Waals surface area contributed by atoms with Crippen LogP contribution in [0.5, 0.6) is 0 Å². The zero-order valence-corrected chi connectivity index (χ0v) is 13.7. The summed E-state index contributed by atoms with van der Waals surface area (Å²) < 4.78 is 5.96. The van der Waals surface area contributed by atoms with Crippen molar-refractivity contribution >= 4 is 5.78 Å². The number of carbonyl (C=O) groups excluding carboxylic acids is 1. The van der Waals surface area contributed by atoms with Gasteiger partial charge >= 0.3 is 0 Å². The van der Waals surface area contributed by atoms with Crippen LogP contribution >= 0.6 is 0 Å². The molecule has 116 valence electrons. The molecule has 2 nitrogen and oxygen atoms in total. The van der Waals surface area contributed by atoms with Gasteiger partial charge in [-0.1, -0.05) is 44.5 Å². The zero-order valence-electron chi connectivity index (χ0n) is 13.7. The molecule has 0 aliphatic heterocycles. The van der Waals surface area contributed by atoms with E-state index in [4.69, 9.17) is 4.74 Å². The van der Waals surface area contributed by atoms with Gasteiger partial charge < -0.3 is 4.74 Å². The molecule has 0 N–H and O–H groups in total. The summed E-state index contributed by atoms with van der Waals surface area (Å²) in [5.74, 6) is 0.887. The minimum Gasteiger partial charge on any atom is -0.367 e. The van der Waals surface area contributed by atoms with Crippen molar-refractivity contribution < 1.29 is 9.53 Å². The third kappa shape index (κ3) is 3.74. The van der Waals surface area contributed by atoms with Crippen molar-refractivity contribution in [3.05, 3.63) is 35.4 Å². The van der Waals surface area contributed by atoms with Crippen molar-refractivity contribution in [1.82, 2.24) is 0 Å². The van der Waals surface area contributed by atoms with Gasteiger partial charge in [0.15, 0.2) is 5.78 Å². The predicted molar refractivity (Wildman–Crippen MR) is 86.8 cm³/mol. The molecule has 2 heteroatoms. The summed E-state index contributed by atoms with van der Waals surface area (Å²) in [4.78, 5) is 13.0. The molecule has 0 aromatic heterocycles. The maximum Gasteiger partial charge on any atom is 0.194 e. The molecule has 0 saturated heterocycles. The highest BCUT2D eigenvalue weighted by atomic mass is 16.5. The third-order valence-electron chi connectivity index (χ3n) is 4.67. The van der Waals surface area contributed by atoms with Crippen LogP contribution in [0.15, 0.2) is 24.3 Å². The fourth-order valence-corrected chi connectivity index (χ4v) is 3.32. The van der Waals surface area contributed by atoms with Crippen LogP contribution in [0.4, 0.5) is 0 Å². The second kappa shape index (κ2) is 7.22. The van der Waals surface area contributed by atoms with E-state index in [1.165, 1.54) is 5.56 Å². The molecule has 0 heterocycles. The molecule has 1 saturated carbocycles. The molecular formula is C19H28O2. The summed E-state index contributed by atoms with van der Waals surface area (Å²) in [5, 5.41) is 0. The highest BCUT2D eigenvalue weighted by molar-refractivity contribution is 6.02. The largest absolute Gasteiger partial charge is 0.367 e. The lowest BCUT2D eigenvalue weighted by Gasteiger charge is -2.37. The molecule has 0 radical (unpaired) electrons. The smallest absolute Gasteiger partial charge is 0.194 e. The second-order valence-corrected chi connectivity index (χ2v) is 6.39. The number of rotatable bonds is 6. The Bertz CT molecular complexity index is 453. The molecule has 0 spiro atoms. The number of Topliss-reactive ketones (excluding diaryl/α,β-unsaturated/α-hetero) is 1. The van der Waals surface area contributed by atoms with Crippen molar-refractivity contribution in [3.63, 3.8) is 0 Å². The van der Waals surface area contributed by atoms with E-state index in [0.717, 1.165) is 44.1 Å².